The molecule has 128 valence electrons. The van der Waals surface area contributed by atoms with Gasteiger partial charge in [0.15, 0.2) is 11.5 Å². The van der Waals surface area contributed by atoms with E-state index in [9.17, 15) is 10.2 Å². The molecule has 0 radical (unpaired) electrons. The van der Waals surface area contributed by atoms with Crippen molar-refractivity contribution in [2.24, 2.45) is 0 Å². The fraction of sp³-hybridized carbons (Fsp3) is 0.333. The van der Waals surface area contributed by atoms with Crippen LogP contribution in [0.25, 0.3) is 0 Å². The average molecular weight is 394 g/mol. The summed E-state index contributed by atoms with van der Waals surface area (Å²) in [6.07, 6.45) is 1.50. The Labute approximate surface area is 149 Å². The summed E-state index contributed by atoms with van der Waals surface area (Å²) in [6.45, 7) is 0.817. The molecule has 0 spiro atoms. The fourth-order valence-corrected chi connectivity index (χ4v) is 3.64. The van der Waals surface area contributed by atoms with E-state index in [4.69, 9.17) is 9.47 Å². The van der Waals surface area contributed by atoms with Crippen molar-refractivity contribution in [3.63, 3.8) is 0 Å². The van der Waals surface area contributed by atoms with Crippen molar-refractivity contribution in [2.75, 3.05) is 20.8 Å². The second-order valence-corrected chi connectivity index (χ2v) is 6.65. The van der Waals surface area contributed by atoms with E-state index in [1.807, 2.05) is 12.1 Å². The fourth-order valence-electron chi connectivity index (χ4n) is 3.15. The van der Waals surface area contributed by atoms with Gasteiger partial charge in [0.05, 0.1) is 18.7 Å². The molecule has 1 aliphatic rings. The van der Waals surface area contributed by atoms with Crippen molar-refractivity contribution in [1.82, 2.24) is 5.32 Å². The van der Waals surface area contributed by atoms with Gasteiger partial charge >= 0.3 is 0 Å². The normalized spacial score (nSPS) is 16.5. The molecule has 1 atom stereocenters. The minimum absolute atomic E-state index is 0.0278. The summed E-state index contributed by atoms with van der Waals surface area (Å²) in [5.41, 5.74) is 3.06. The van der Waals surface area contributed by atoms with Gasteiger partial charge in [-0.15, -0.1) is 0 Å². The number of fused-ring (bicyclic) bond motifs is 1. The Kier molecular flexibility index (Phi) is 4.87. The molecule has 0 saturated heterocycles. The summed E-state index contributed by atoms with van der Waals surface area (Å²) >= 11 is 3.47. The van der Waals surface area contributed by atoms with Gasteiger partial charge in [-0.05, 0) is 76.3 Å². The van der Waals surface area contributed by atoms with Crippen LogP contribution in [0, 0.1) is 0 Å². The predicted molar refractivity (Wildman–Crippen MR) is 95.2 cm³/mol. The van der Waals surface area contributed by atoms with Crippen LogP contribution < -0.4 is 14.8 Å². The van der Waals surface area contributed by atoms with Crippen LogP contribution >= 0.6 is 15.9 Å². The Morgan fingerprint density at radius 1 is 1.08 bits per heavy atom. The summed E-state index contributed by atoms with van der Waals surface area (Å²) in [4.78, 5) is 0. The molecule has 0 fully saturated rings. The van der Waals surface area contributed by atoms with Gasteiger partial charge in [0.1, 0.15) is 11.5 Å². The molecule has 1 heterocycles. The Hall–Kier alpha value is -1.92. The highest BCUT2D eigenvalue weighted by Gasteiger charge is 2.23. The highest BCUT2D eigenvalue weighted by molar-refractivity contribution is 9.10. The molecule has 1 aliphatic heterocycles. The van der Waals surface area contributed by atoms with Crippen LogP contribution in [-0.2, 0) is 12.8 Å². The van der Waals surface area contributed by atoms with Crippen LogP contribution in [0.15, 0.2) is 28.7 Å². The number of methoxy groups -OCH3 is 2. The number of halogens is 1. The molecule has 0 saturated carbocycles. The van der Waals surface area contributed by atoms with E-state index in [1.165, 1.54) is 0 Å². The van der Waals surface area contributed by atoms with E-state index in [0.717, 1.165) is 45.6 Å². The lowest BCUT2D eigenvalue weighted by molar-refractivity contribution is 0.389. The van der Waals surface area contributed by atoms with Crippen molar-refractivity contribution >= 4 is 15.9 Å². The molecule has 24 heavy (non-hydrogen) atoms. The minimum atomic E-state index is -0.0946. The van der Waals surface area contributed by atoms with Crippen LogP contribution in [0.1, 0.15) is 22.7 Å². The largest absolute Gasteiger partial charge is 0.504 e. The zero-order chi connectivity index (χ0) is 17.3. The van der Waals surface area contributed by atoms with Gasteiger partial charge in [-0.25, -0.2) is 0 Å². The first-order valence-corrected chi connectivity index (χ1v) is 8.51. The monoisotopic (exact) mass is 393 g/mol. The van der Waals surface area contributed by atoms with E-state index >= 15 is 0 Å². The molecule has 1 unspecified atom stereocenters. The maximum atomic E-state index is 9.85. The summed E-state index contributed by atoms with van der Waals surface area (Å²) in [6, 6.07) is 7.17. The van der Waals surface area contributed by atoms with E-state index in [1.54, 1.807) is 26.4 Å². The number of benzene rings is 2. The zero-order valence-corrected chi connectivity index (χ0v) is 15.2. The molecular weight excluding hydrogens is 374 g/mol. The SMILES string of the molecule is COc1cc(CC2NCCc3cc(O)c(O)cc32)c(OC)cc1Br. The number of aromatic hydroxyl groups is 2. The molecular formula is C18H20BrNO4. The van der Waals surface area contributed by atoms with Crippen LogP contribution in [0.3, 0.4) is 0 Å². The number of hydrogen-bond acceptors (Lipinski definition) is 5. The highest BCUT2D eigenvalue weighted by Crippen LogP contribution is 2.38. The Balaban J connectivity index is 1.97. The number of phenols is 2. The van der Waals surface area contributed by atoms with Crippen LogP contribution in [-0.4, -0.2) is 31.0 Å². The molecule has 0 bridgehead atoms. The lowest BCUT2D eigenvalue weighted by Gasteiger charge is -2.28. The third-order valence-corrected chi connectivity index (χ3v) is 5.00. The number of hydrogen-bond donors (Lipinski definition) is 3. The summed E-state index contributed by atoms with van der Waals surface area (Å²) in [7, 11) is 3.27. The van der Waals surface area contributed by atoms with Crippen molar-refractivity contribution < 1.29 is 19.7 Å². The van der Waals surface area contributed by atoms with Gasteiger partial charge in [0, 0.05) is 6.04 Å². The molecule has 2 aromatic carbocycles. The standard InChI is InChI=1S/C18H20BrNO4/c1-23-17-9-13(19)18(24-2)7-11(17)5-14-12-8-16(22)15(21)6-10(12)3-4-20-14/h6-9,14,20-22H,3-5H2,1-2H3. The number of ether oxygens (including phenoxy) is 2. The van der Waals surface area contributed by atoms with E-state index < -0.39 is 0 Å². The van der Waals surface area contributed by atoms with Crippen molar-refractivity contribution in [3.8, 4) is 23.0 Å². The Bertz CT molecular complexity index is 763. The van der Waals surface area contributed by atoms with Crippen LogP contribution in [0.5, 0.6) is 23.0 Å². The third-order valence-electron chi connectivity index (χ3n) is 4.38. The summed E-state index contributed by atoms with van der Waals surface area (Å²) < 4.78 is 11.7. The van der Waals surface area contributed by atoms with Gasteiger partial charge in [-0.3, -0.25) is 0 Å². The highest BCUT2D eigenvalue weighted by atomic mass is 79.9. The first-order chi connectivity index (χ1) is 11.5. The van der Waals surface area contributed by atoms with Gasteiger partial charge in [0.25, 0.3) is 0 Å². The molecule has 3 N–H and O–H groups in total. The molecule has 2 aromatic rings. The van der Waals surface area contributed by atoms with Crippen molar-refractivity contribution in [2.45, 2.75) is 18.9 Å². The smallest absolute Gasteiger partial charge is 0.157 e. The predicted octanol–water partition coefficient (Wildman–Crippen LogP) is 3.31. The first kappa shape index (κ1) is 16.9. The third kappa shape index (κ3) is 3.16. The maximum Gasteiger partial charge on any atom is 0.157 e. The average Bonchev–Trinajstić information content (AvgIpc) is 2.57. The van der Waals surface area contributed by atoms with Gasteiger partial charge in [-0.2, -0.15) is 0 Å². The van der Waals surface area contributed by atoms with Gasteiger partial charge in [0.2, 0.25) is 0 Å². The van der Waals surface area contributed by atoms with Crippen molar-refractivity contribution in [1.29, 1.82) is 0 Å². The Morgan fingerprint density at radius 2 is 1.79 bits per heavy atom. The van der Waals surface area contributed by atoms with Gasteiger partial charge in [-0.1, -0.05) is 0 Å². The van der Waals surface area contributed by atoms with Crippen LogP contribution in [0.4, 0.5) is 0 Å². The van der Waals surface area contributed by atoms with E-state index in [-0.39, 0.29) is 17.5 Å². The zero-order valence-electron chi connectivity index (χ0n) is 13.6. The Morgan fingerprint density at radius 3 is 2.50 bits per heavy atom. The summed E-state index contributed by atoms with van der Waals surface area (Å²) in [5.74, 6) is 1.36. The second-order valence-electron chi connectivity index (χ2n) is 5.80. The van der Waals surface area contributed by atoms with Crippen molar-refractivity contribution in [3.05, 3.63) is 45.4 Å². The lowest BCUT2D eigenvalue weighted by Crippen LogP contribution is -2.31. The number of phenolic OH excluding ortho intramolecular Hbond substituents is 2. The minimum Gasteiger partial charge on any atom is -0.504 e. The number of nitrogens with one attached hydrogen (secondary N) is 1. The first-order valence-electron chi connectivity index (χ1n) is 7.72. The topological polar surface area (TPSA) is 71.0 Å². The lowest BCUT2D eigenvalue weighted by atomic mass is 9.89. The second kappa shape index (κ2) is 6.91. The summed E-state index contributed by atoms with van der Waals surface area (Å²) in [5, 5.41) is 23.0. The van der Waals surface area contributed by atoms with E-state index in [2.05, 4.69) is 21.2 Å². The molecule has 0 amide bonds. The van der Waals surface area contributed by atoms with Gasteiger partial charge < -0.3 is 25.0 Å². The molecule has 6 heteroatoms. The quantitative estimate of drug-likeness (QED) is 0.695. The molecule has 3 rings (SSSR count). The maximum absolute atomic E-state index is 9.85. The molecule has 5 nitrogen and oxygen atoms in total. The van der Waals surface area contributed by atoms with Crippen LogP contribution in [0.2, 0.25) is 0 Å². The molecule has 0 aromatic heterocycles. The molecule has 0 aliphatic carbocycles. The van der Waals surface area contributed by atoms with E-state index in [0.29, 0.717) is 6.42 Å². The number of rotatable bonds is 4.